The number of nitrogens with zero attached hydrogens (tertiary/aromatic N) is 4. The van der Waals surface area contributed by atoms with Crippen LogP contribution >= 0.6 is 66.2 Å². The first-order valence-electron chi connectivity index (χ1n) is 30.1. The van der Waals surface area contributed by atoms with Gasteiger partial charge in [-0.25, -0.2) is 46.1 Å². The number of fused-ring (bicyclic) bond motifs is 3. The average Bonchev–Trinajstić information content (AvgIpc) is 1.59. The molecule has 0 spiro atoms. The van der Waals surface area contributed by atoms with Crippen LogP contribution in [0.2, 0.25) is 5.02 Å². The summed E-state index contributed by atoms with van der Waals surface area (Å²) in [5, 5.41) is 25.7. The third-order valence-corrected chi connectivity index (χ3v) is 16.1. The van der Waals surface area contributed by atoms with Gasteiger partial charge < -0.3 is 91.5 Å². The third-order valence-electron chi connectivity index (χ3n) is 15.0. The number of aldehydes is 1. The number of aromatic nitrogens is 8. The maximum absolute atomic E-state index is 15.8. The van der Waals surface area contributed by atoms with Gasteiger partial charge in [0.1, 0.15) is 50.3 Å². The van der Waals surface area contributed by atoms with E-state index in [1.807, 2.05) is 9.97 Å². The standard InChI is InChI=1S/C19H18ClFN2O7.C12H16FN2O9P.C12H15FN2O6.C9H12FN2O9P.C2HF3O.Cl3OP.Na/c1-18(2)28-13-14(29-18)19(21,9-27-16(25)10-4-3-5-11(20)8-10)30-15(13)23-7-6-12(24)22-17(23)26;1-11(2)22-7-8(23-11)12(13,5-21-25(18,19)20)24-9(7)15-4-3-6(16)14-10(15)17;1-11(2)19-7-8(20-11)12(13,5-16)21-9(7)15-4-3-6(17)14-10(15)18;10-9(3-20-22(17,18)19)6(15)5(14)7(21-9)12-2-1-4(13)11-8(12)16;3-2(4,5)1-6;1-5(2,3)4;/h3-8,13-15H,9H2,1-2H3,(H,22,24,26);3-4,7-9H,5H2,1-2H3,(H,14,16,17)(H2,18,19,20);3-4,7-9,16H,5H2,1-2H3,(H,14,17,18);1-2,5-7,14-15H,3H2,(H,11,13,16)(H2,17,18,19);1H;;/q;;;;;;+1/p-1/t13-,14+,15-,19-;2*7-,8+,9-,12-;5-,6+,7-,9-;;;/m1111.../s1. The van der Waals surface area contributed by atoms with Crippen LogP contribution in [0.25, 0.3) is 0 Å². The number of benzene rings is 1. The summed E-state index contributed by atoms with van der Waals surface area (Å²) >= 11 is 19.7. The van der Waals surface area contributed by atoms with Gasteiger partial charge in [0.05, 0.1) is 5.56 Å². The van der Waals surface area contributed by atoms with E-state index < -0.39 is 225 Å². The number of phosphoric ester groups is 2. The summed E-state index contributed by atoms with van der Waals surface area (Å²) in [5.74, 6) is -15.4. The summed E-state index contributed by atoms with van der Waals surface area (Å²) in [6.45, 7) is 5.00. The molecule has 7 fully saturated rings. The number of esters is 1. The van der Waals surface area contributed by atoms with E-state index in [0.717, 1.165) is 50.4 Å². The Balaban J connectivity index is 0.000000220. The predicted octanol–water partition coefficient (Wildman–Crippen LogP) is -2.14. The number of aliphatic hydroxyl groups is 3. The minimum absolute atomic E-state index is 0. The molecule has 0 aliphatic carbocycles. The van der Waals surface area contributed by atoms with Gasteiger partial charge in [0, 0.05) is 54.1 Å². The van der Waals surface area contributed by atoms with Crippen molar-refractivity contribution in [1.29, 1.82) is 0 Å². The van der Waals surface area contributed by atoms with E-state index in [1.165, 1.54) is 38.4 Å². The zero-order valence-electron chi connectivity index (χ0n) is 56.8. The molecule has 17 atom stereocenters. The number of carbonyl (C=O) groups is 2. The Labute approximate surface area is 648 Å². The van der Waals surface area contributed by atoms with Gasteiger partial charge in [0.15, 0.2) is 67.2 Å². The summed E-state index contributed by atoms with van der Waals surface area (Å²) in [5.41, 5.74) is -5.96. The van der Waals surface area contributed by atoms with Crippen molar-refractivity contribution in [3.63, 3.8) is 0 Å². The molecule has 5 aromatic rings. The Kier molecular flexibility index (Phi) is 30.1. The maximum atomic E-state index is 15.8. The molecular weight excluding hydrogens is 1680 g/mol. The Bertz CT molecular complexity index is 4790. The molecule has 0 saturated carbocycles. The topological polar surface area (TPSA) is 569 Å². The molecule has 1 aromatic carbocycles. The number of H-pyrrole nitrogens is 4. The largest absolute Gasteiger partial charge is 1.00 e. The first-order valence-corrected chi connectivity index (χ1v) is 38.0. The Hall–Kier alpha value is -5.32. The van der Waals surface area contributed by atoms with Gasteiger partial charge in [0.25, 0.3) is 53.5 Å². The van der Waals surface area contributed by atoms with Crippen LogP contribution in [-0.2, 0) is 79.6 Å². The molecule has 11 heterocycles. The van der Waals surface area contributed by atoms with Crippen molar-refractivity contribution < 1.29 is 180 Å². The minimum Gasteiger partial charge on any atom is -0.756 e. The van der Waals surface area contributed by atoms with Crippen LogP contribution in [0.3, 0.4) is 0 Å². The van der Waals surface area contributed by atoms with E-state index >= 15 is 8.78 Å². The molecular formula is C54H61Cl4F7N8NaO33P3. The molecule has 0 bridgehead atoms. The molecule has 4 aromatic heterocycles. The normalized spacial score (nSPS) is 31.1. The molecule has 0 amide bonds. The van der Waals surface area contributed by atoms with Crippen molar-refractivity contribution in [2.24, 2.45) is 0 Å². The van der Waals surface area contributed by atoms with Crippen molar-refractivity contribution in [2.75, 3.05) is 26.4 Å². The van der Waals surface area contributed by atoms with E-state index in [2.05, 4.69) is 57.5 Å². The van der Waals surface area contributed by atoms with Crippen LogP contribution < -0.4 is 79.4 Å². The second-order valence-electron chi connectivity index (χ2n) is 24.6. The van der Waals surface area contributed by atoms with Crippen molar-refractivity contribution in [1.82, 2.24) is 38.2 Å². The summed E-state index contributed by atoms with van der Waals surface area (Å²) in [7, 11) is -10.3. The van der Waals surface area contributed by atoms with Gasteiger partial charge in [-0.15, -0.1) is 0 Å². The minimum atomic E-state index is -5.29. The summed E-state index contributed by atoms with van der Waals surface area (Å²) in [6, 6.07) is 10.1. The fourth-order valence-electron chi connectivity index (χ4n) is 10.8. The van der Waals surface area contributed by atoms with Crippen molar-refractivity contribution in [3.8, 4) is 0 Å². The first kappa shape index (κ1) is 93.5. The summed E-state index contributed by atoms with van der Waals surface area (Å²) in [4.78, 5) is 157. The van der Waals surface area contributed by atoms with Gasteiger partial charge in [0.2, 0.25) is 6.29 Å². The molecule has 41 nitrogen and oxygen atoms in total. The number of hydrogen-bond acceptors (Lipinski definition) is 30. The zero-order valence-corrected chi connectivity index (χ0v) is 64.5. The second kappa shape index (κ2) is 35.4. The Morgan fingerprint density at radius 1 is 0.555 bits per heavy atom. The number of halogens is 11. The predicted molar refractivity (Wildman–Crippen MR) is 345 cm³/mol. The van der Waals surface area contributed by atoms with Crippen molar-refractivity contribution in [3.05, 3.63) is 167 Å². The number of phosphoric acid groups is 2. The third kappa shape index (κ3) is 24.4. The number of alkyl halides is 7. The summed E-state index contributed by atoms with van der Waals surface area (Å²) in [6.07, 6.45) is -18.1. The van der Waals surface area contributed by atoms with Crippen LogP contribution in [-0.4, -0.2) is 203 Å². The number of aliphatic hydroxyl groups excluding tert-OH is 3. The van der Waals surface area contributed by atoms with Crippen LogP contribution in [0.1, 0.15) is 76.8 Å². The van der Waals surface area contributed by atoms with Gasteiger partial charge in [-0.3, -0.25) is 75.8 Å². The van der Waals surface area contributed by atoms with E-state index in [1.54, 1.807) is 39.8 Å². The SMILES string of the molecule is CC1(C)O[C@H]2[C@H](n3ccc(=O)[nH]c3=O)O[C@](F)(CO)[C@H]2O1.CC1(C)O[C@H]2[C@H](n3ccc(=O)[nH]c3=O)O[C@](F)(COC(=O)c3cccc(Cl)c3)[C@H]2O1.CC1(C)O[C@H]2[C@H](n3ccc(=O)[nH]c3=O)O[C@](F)(COP(=O)(O)O)[C@H]2O1.O=CC(F)(F)F.O=P(Cl)(Cl)Cl.O=c1ccn([C@@H]2O[C@](F)(COP(=O)([O-])O)[C@@H](O)[C@H]2O)c(=O)[nH]1.[Na+]. The van der Waals surface area contributed by atoms with Crippen molar-refractivity contribution >= 4 is 78.4 Å². The number of ether oxygens (including phenoxy) is 11. The number of carbonyl (C=O) groups excluding carboxylic acids is 2. The van der Waals surface area contributed by atoms with Gasteiger partial charge >= 0.3 is 77.5 Å². The molecule has 7 aliphatic rings. The first-order chi connectivity index (χ1) is 49.8. The molecule has 10 N–H and O–H groups in total. The van der Waals surface area contributed by atoms with Crippen LogP contribution in [0, 0.1) is 0 Å². The van der Waals surface area contributed by atoms with E-state index in [-0.39, 0.29) is 35.1 Å². The summed E-state index contributed by atoms with van der Waals surface area (Å²) < 4.78 is 192. The molecule has 0 radical (unpaired) electrons. The fourth-order valence-corrected chi connectivity index (χ4v) is 11.7. The number of hydrogen-bond donors (Lipinski definition) is 10. The molecule has 1 unspecified atom stereocenters. The van der Waals surface area contributed by atoms with Crippen LogP contribution in [0.5, 0.6) is 0 Å². The Morgan fingerprint density at radius 2 is 0.873 bits per heavy atom. The molecule has 56 heteroatoms. The molecule has 12 rings (SSSR count). The number of rotatable bonds is 14. The van der Waals surface area contributed by atoms with E-state index in [9.17, 15) is 99.0 Å². The Morgan fingerprint density at radius 3 is 1.19 bits per heavy atom. The second-order valence-corrected chi connectivity index (χ2v) is 34.1. The molecule has 110 heavy (non-hydrogen) atoms. The van der Waals surface area contributed by atoms with E-state index in [0.29, 0.717) is 9.59 Å². The van der Waals surface area contributed by atoms with Gasteiger partial charge in [-0.1, -0.05) is 17.7 Å². The quantitative estimate of drug-likeness (QED) is 0.0186. The average molecular weight is 1740 g/mol. The fraction of sp³-hybridized carbons (Fsp3) is 0.556. The molecule has 7 aliphatic heterocycles. The molecule has 608 valence electrons. The maximum Gasteiger partial charge on any atom is 1.00 e. The number of aromatic amines is 4. The van der Waals surface area contributed by atoms with Crippen molar-refractivity contribution in [2.45, 2.75) is 162 Å². The van der Waals surface area contributed by atoms with Gasteiger partial charge in [-0.2, -0.15) is 13.2 Å². The van der Waals surface area contributed by atoms with Gasteiger partial charge in [-0.05, 0) is 93.5 Å². The smallest absolute Gasteiger partial charge is 0.756 e. The molecule has 7 saturated heterocycles. The van der Waals surface area contributed by atoms with E-state index in [4.69, 9.17) is 78.4 Å². The monoisotopic (exact) mass is 1740 g/mol. The van der Waals surface area contributed by atoms with Crippen LogP contribution in [0.15, 0.2) is 112 Å². The van der Waals surface area contributed by atoms with Crippen LogP contribution in [0.4, 0.5) is 30.7 Å². The number of nitrogens with one attached hydrogen (secondary N) is 4. The zero-order chi connectivity index (χ0) is 82.1.